The lowest BCUT2D eigenvalue weighted by Gasteiger charge is -2.13. The molecule has 0 amide bonds. The van der Waals surface area contributed by atoms with Crippen LogP contribution >= 0.6 is 22.6 Å². The van der Waals surface area contributed by atoms with E-state index in [9.17, 15) is 9.18 Å². The Morgan fingerprint density at radius 1 is 1.30 bits per heavy atom. The molecule has 0 fully saturated rings. The van der Waals surface area contributed by atoms with Crippen molar-refractivity contribution in [2.45, 2.75) is 13.3 Å². The summed E-state index contributed by atoms with van der Waals surface area (Å²) in [5, 5.41) is 0. The monoisotopic (exact) mass is 481 g/mol. The number of benzene rings is 2. The molecule has 1 aliphatic heterocycles. The van der Waals surface area contributed by atoms with E-state index < -0.39 is 11.8 Å². The van der Waals surface area contributed by atoms with Crippen molar-refractivity contribution in [2.75, 3.05) is 13.7 Å². The zero-order chi connectivity index (χ0) is 19.4. The van der Waals surface area contributed by atoms with Crippen molar-refractivity contribution in [3.63, 3.8) is 0 Å². The minimum Gasteiger partial charge on any atom is -0.493 e. The average Bonchev–Trinajstić information content (AvgIpc) is 3.01. The Bertz CT molecular complexity index is 940. The number of esters is 1. The van der Waals surface area contributed by atoms with Crippen LogP contribution < -0.4 is 9.47 Å². The first-order valence-electron chi connectivity index (χ1n) is 8.30. The first kappa shape index (κ1) is 19.3. The maximum absolute atomic E-state index is 13.4. The molecule has 0 N–H and O–H groups in total. The molecule has 3 rings (SSSR count). The van der Waals surface area contributed by atoms with E-state index in [0.717, 1.165) is 15.6 Å². The molecule has 0 unspecified atom stereocenters. The van der Waals surface area contributed by atoms with Crippen molar-refractivity contribution in [1.82, 2.24) is 0 Å². The Morgan fingerprint density at radius 2 is 2.11 bits per heavy atom. The summed E-state index contributed by atoms with van der Waals surface area (Å²) in [5.74, 6) is 0.304. The van der Waals surface area contributed by atoms with Gasteiger partial charge in [-0.15, -0.1) is 0 Å². The summed E-state index contributed by atoms with van der Waals surface area (Å²) in [5.41, 5.74) is 1.26. The maximum Gasteiger partial charge on any atom is 0.363 e. The highest BCUT2D eigenvalue weighted by molar-refractivity contribution is 14.1. The van der Waals surface area contributed by atoms with Gasteiger partial charge >= 0.3 is 5.97 Å². The third-order valence-electron chi connectivity index (χ3n) is 3.70. The fourth-order valence-electron chi connectivity index (χ4n) is 2.48. The molecule has 0 atom stereocenters. The van der Waals surface area contributed by atoms with Gasteiger partial charge in [0.25, 0.3) is 0 Å². The Hall–Kier alpha value is -2.42. The van der Waals surface area contributed by atoms with E-state index in [4.69, 9.17) is 14.2 Å². The van der Waals surface area contributed by atoms with Crippen LogP contribution in [0.5, 0.6) is 11.5 Å². The lowest BCUT2D eigenvalue weighted by molar-refractivity contribution is -0.129. The normalized spacial score (nSPS) is 14.9. The van der Waals surface area contributed by atoms with E-state index in [-0.39, 0.29) is 11.6 Å². The summed E-state index contributed by atoms with van der Waals surface area (Å²) < 4.78 is 30.5. The van der Waals surface area contributed by atoms with Gasteiger partial charge in [-0.25, -0.2) is 14.2 Å². The highest BCUT2D eigenvalue weighted by atomic mass is 127. The van der Waals surface area contributed by atoms with Gasteiger partial charge in [0.15, 0.2) is 17.2 Å². The number of rotatable bonds is 6. The van der Waals surface area contributed by atoms with Gasteiger partial charge in [0, 0.05) is 5.56 Å². The first-order valence-corrected chi connectivity index (χ1v) is 9.38. The van der Waals surface area contributed by atoms with Gasteiger partial charge in [-0.1, -0.05) is 13.0 Å². The molecule has 7 heteroatoms. The molecule has 2 aromatic carbocycles. The highest BCUT2D eigenvalue weighted by Gasteiger charge is 2.24. The van der Waals surface area contributed by atoms with Gasteiger partial charge in [0.1, 0.15) is 5.82 Å². The van der Waals surface area contributed by atoms with Crippen molar-refractivity contribution in [2.24, 2.45) is 4.99 Å². The summed E-state index contributed by atoms with van der Waals surface area (Å²) in [7, 11) is 1.56. The molecule has 27 heavy (non-hydrogen) atoms. The van der Waals surface area contributed by atoms with E-state index in [1.807, 2.05) is 13.0 Å². The summed E-state index contributed by atoms with van der Waals surface area (Å²) in [6.07, 6.45) is 2.48. The third-order valence-corrected chi connectivity index (χ3v) is 4.50. The number of ether oxygens (including phenoxy) is 3. The number of aliphatic imine (C=N–C) groups is 1. The van der Waals surface area contributed by atoms with Crippen molar-refractivity contribution in [3.05, 3.63) is 62.6 Å². The maximum atomic E-state index is 13.4. The van der Waals surface area contributed by atoms with Gasteiger partial charge in [0.05, 0.1) is 17.3 Å². The molecule has 0 spiro atoms. The van der Waals surface area contributed by atoms with Crippen LogP contribution in [-0.2, 0) is 9.53 Å². The minimum absolute atomic E-state index is 0.0790. The van der Waals surface area contributed by atoms with Crippen LogP contribution in [0, 0.1) is 9.39 Å². The molecule has 0 saturated carbocycles. The van der Waals surface area contributed by atoms with Gasteiger partial charge in [-0.2, -0.15) is 0 Å². The number of hydrogen-bond acceptors (Lipinski definition) is 5. The summed E-state index contributed by atoms with van der Waals surface area (Å²) in [4.78, 5) is 16.3. The quantitative estimate of drug-likeness (QED) is 0.345. The molecule has 0 radical (unpaired) electrons. The summed E-state index contributed by atoms with van der Waals surface area (Å²) in [6.45, 7) is 2.61. The van der Waals surface area contributed by atoms with Crippen molar-refractivity contribution >= 4 is 40.5 Å². The Balaban J connectivity index is 1.94. The fourth-order valence-corrected chi connectivity index (χ4v) is 3.26. The van der Waals surface area contributed by atoms with E-state index in [2.05, 4.69) is 27.6 Å². The lowest BCUT2D eigenvalue weighted by atomic mass is 10.1. The second-order valence-corrected chi connectivity index (χ2v) is 6.89. The molecule has 1 heterocycles. The van der Waals surface area contributed by atoms with Crippen LogP contribution in [0.2, 0.25) is 0 Å². The molecule has 0 aliphatic carbocycles. The molecule has 1 aliphatic rings. The van der Waals surface area contributed by atoms with E-state index in [1.165, 1.54) is 18.2 Å². The van der Waals surface area contributed by atoms with Crippen molar-refractivity contribution < 1.29 is 23.4 Å². The lowest BCUT2D eigenvalue weighted by Crippen LogP contribution is -2.05. The van der Waals surface area contributed by atoms with Crippen LogP contribution in [0.3, 0.4) is 0 Å². The zero-order valence-electron chi connectivity index (χ0n) is 14.8. The summed E-state index contributed by atoms with van der Waals surface area (Å²) in [6, 6.07) is 9.37. The van der Waals surface area contributed by atoms with Crippen LogP contribution in [0.25, 0.3) is 6.08 Å². The molecule has 0 saturated heterocycles. The van der Waals surface area contributed by atoms with Gasteiger partial charge in [-0.3, -0.25) is 0 Å². The molecular formula is C20H17FINO4. The van der Waals surface area contributed by atoms with Crippen LogP contribution in [0.1, 0.15) is 24.5 Å². The number of nitrogens with zero attached hydrogens (tertiary/aromatic N) is 1. The number of hydrogen-bond donors (Lipinski definition) is 0. The predicted molar refractivity (Wildman–Crippen MR) is 109 cm³/mol. The van der Waals surface area contributed by atoms with Crippen molar-refractivity contribution in [3.8, 4) is 11.5 Å². The van der Waals surface area contributed by atoms with Gasteiger partial charge in [-0.05, 0) is 71.0 Å². The molecule has 5 nitrogen and oxygen atoms in total. The molecular weight excluding hydrogens is 464 g/mol. The average molecular weight is 481 g/mol. The second-order valence-electron chi connectivity index (χ2n) is 5.73. The SMILES string of the molecule is CCCOc1c(I)cc(/C=C2/N=C(c3cccc(F)c3)OC2=O)cc1OC. The minimum atomic E-state index is -0.588. The summed E-state index contributed by atoms with van der Waals surface area (Å²) >= 11 is 2.16. The Morgan fingerprint density at radius 3 is 2.81 bits per heavy atom. The van der Waals surface area contributed by atoms with E-state index >= 15 is 0 Å². The third kappa shape index (κ3) is 4.47. The first-order chi connectivity index (χ1) is 13.0. The van der Waals surface area contributed by atoms with E-state index in [1.54, 1.807) is 25.3 Å². The Kier molecular flexibility index (Phi) is 6.10. The number of carbonyl (C=O) groups is 1. The molecule has 0 bridgehead atoms. The zero-order valence-corrected chi connectivity index (χ0v) is 16.9. The second kappa shape index (κ2) is 8.51. The van der Waals surface area contributed by atoms with Crippen molar-refractivity contribution in [1.29, 1.82) is 0 Å². The topological polar surface area (TPSA) is 57.1 Å². The highest BCUT2D eigenvalue weighted by Crippen LogP contribution is 2.35. The Labute approximate surface area is 170 Å². The number of carbonyl (C=O) groups excluding carboxylic acids is 1. The van der Waals surface area contributed by atoms with Crippen LogP contribution in [-0.4, -0.2) is 25.6 Å². The fraction of sp³-hybridized carbons (Fsp3) is 0.200. The molecule has 0 aromatic heterocycles. The number of halogens is 2. The largest absolute Gasteiger partial charge is 0.493 e. The smallest absolute Gasteiger partial charge is 0.363 e. The number of cyclic esters (lactones) is 1. The standard InChI is InChI=1S/C20H17FINO4/c1-3-7-26-18-15(22)8-12(10-17(18)25-2)9-16-20(24)27-19(23-16)13-5-4-6-14(21)11-13/h4-6,8-11H,3,7H2,1-2H3/b16-9+. The van der Waals surface area contributed by atoms with Crippen LogP contribution in [0.4, 0.5) is 4.39 Å². The van der Waals surface area contributed by atoms with Gasteiger partial charge < -0.3 is 14.2 Å². The molecule has 2 aromatic rings. The predicted octanol–water partition coefficient (Wildman–Crippen LogP) is 4.57. The van der Waals surface area contributed by atoms with Gasteiger partial charge in [0.2, 0.25) is 5.90 Å². The molecule has 140 valence electrons. The van der Waals surface area contributed by atoms with E-state index in [0.29, 0.717) is 23.7 Å². The van der Waals surface area contributed by atoms with Crippen LogP contribution in [0.15, 0.2) is 47.1 Å². The number of methoxy groups -OCH3 is 1.